The van der Waals surface area contributed by atoms with Gasteiger partial charge in [0.2, 0.25) is 0 Å². The van der Waals surface area contributed by atoms with Crippen LogP contribution in [0.5, 0.6) is 0 Å². The molecule has 0 N–H and O–H groups in total. The van der Waals surface area contributed by atoms with E-state index in [1.54, 1.807) is 30.1 Å². The number of nitro groups is 1. The van der Waals surface area contributed by atoms with Crippen LogP contribution in [-0.2, 0) is 6.54 Å². The highest BCUT2D eigenvalue weighted by Crippen LogP contribution is 2.24. The van der Waals surface area contributed by atoms with Gasteiger partial charge in [-0.3, -0.25) is 14.9 Å². The highest BCUT2D eigenvalue weighted by molar-refractivity contribution is 5.83. The van der Waals surface area contributed by atoms with Crippen molar-refractivity contribution < 1.29 is 14.1 Å². The van der Waals surface area contributed by atoms with Crippen molar-refractivity contribution in [2.45, 2.75) is 6.54 Å². The van der Waals surface area contributed by atoms with Crippen molar-refractivity contribution in [2.24, 2.45) is 0 Å². The normalized spacial score (nSPS) is 10.2. The Kier molecular flexibility index (Phi) is 4.27. The number of rotatable bonds is 5. The molecule has 108 valence electrons. The lowest BCUT2D eigenvalue weighted by molar-refractivity contribution is -0.385. The Bertz CT molecular complexity index is 688. The molecule has 0 aliphatic heterocycles. The summed E-state index contributed by atoms with van der Waals surface area (Å²) in [6.45, 7) is 0.424. The zero-order chi connectivity index (χ0) is 15.4. The maximum atomic E-state index is 13.1. The highest BCUT2D eigenvalue weighted by atomic mass is 19.1. The summed E-state index contributed by atoms with van der Waals surface area (Å²) >= 11 is 0. The number of halogens is 1. The Hall–Kier alpha value is -2.76. The predicted octanol–water partition coefficient (Wildman–Crippen LogP) is 3.18. The van der Waals surface area contributed by atoms with Crippen LogP contribution in [0.3, 0.4) is 0 Å². The molecule has 0 spiro atoms. The summed E-state index contributed by atoms with van der Waals surface area (Å²) in [4.78, 5) is 22.9. The van der Waals surface area contributed by atoms with Crippen molar-refractivity contribution in [3.05, 3.63) is 69.5 Å². The summed E-state index contributed by atoms with van der Waals surface area (Å²) in [5.74, 6) is -0.321. The third kappa shape index (κ3) is 3.42. The van der Waals surface area contributed by atoms with E-state index in [0.29, 0.717) is 18.5 Å². The monoisotopic (exact) mass is 288 g/mol. The SMILES string of the molecule is CN(Cc1cccc(F)c1)c1ccc([N+](=O)[O-])c(C=O)c1. The topological polar surface area (TPSA) is 63.4 Å². The van der Waals surface area contributed by atoms with Gasteiger partial charge in [-0.05, 0) is 29.8 Å². The maximum absolute atomic E-state index is 13.1. The van der Waals surface area contributed by atoms with Gasteiger partial charge < -0.3 is 4.90 Å². The number of anilines is 1. The van der Waals surface area contributed by atoms with Crippen molar-refractivity contribution >= 4 is 17.7 Å². The molecule has 0 fully saturated rings. The Morgan fingerprint density at radius 3 is 2.67 bits per heavy atom. The second-order valence-electron chi connectivity index (χ2n) is 4.60. The molecule has 2 aromatic carbocycles. The van der Waals surface area contributed by atoms with Crippen LogP contribution >= 0.6 is 0 Å². The third-order valence-electron chi connectivity index (χ3n) is 3.08. The number of carbonyl (C=O) groups excluding carboxylic acids is 1. The van der Waals surface area contributed by atoms with E-state index in [0.717, 1.165) is 5.56 Å². The number of carbonyl (C=O) groups is 1. The second-order valence-corrected chi connectivity index (χ2v) is 4.60. The summed E-state index contributed by atoms with van der Waals surface area (Å²) < 4.78 is 13.1. The molecule has 0 saturated carbocycles. The molecule has 0 saturated heterocycles. The number of aldehydes is 1. The van der Waals surface area contributed by atoms with E-state index >= 15 is 0 Å². The van der Waals surface area contributed by atoms with Gasteiger partial charge in [-0.15, -0.1) is 0 Å². The van der Waals surface area contributed by atoms with Gasteiger partial charge in [0.15, 0.2) is 6.29 Å². The minimum absolute atomic E-state index is 0.0172. The number of nitrogens with zero attached hydrogens (tertiary/aromatic N) is 2. The number of hydrogen-bond acceptors (Lipinski definition) is 4. The first-order valence-electron chi connectivity index (χ1n) is 6.20. The largest absolute Gasteiger partial charge is 0.370 e. The summed E-state index contributed by atoms with van der Waals surface area (Å²) in [5, 5.41) is 10.8. The maximum Gasteiger partial charge on any atom is 0.280 e. The molecule has 0 atom stereocenters. The summed E-state index contributed by atoms with van der Waals surface area (Å²) in [6, 6.07) is 10.5. The molecule has 0 aliphatic carbocycles. The average Bonchev–Trinajstić information content (AvgIpc) is 2.46. The molecule has 0 aromatic heterocycles. The van der Waals surface area contributed by atoms with Gasteiger partial charge in [0, 0.05) is 25.3 Å². The molecule has 0 radical (unpaired) electrons. The molecule has 0 unspecified atom stereocenters. The first-order chi connectivity index (χ1) is 10.0. The van der Waals surface area contributed by atoms with Crippen LogP contribution in [0.1, 0.15) is 15.9 Å². The molecule has 2 aromatic rings. The van der Waals surface area contributed by atoms with Gasteiger partial charge in [-0.2, -0.15) is 0 Å². The minimum Gasteiger partial charge on any atom is -0.370 e. The van der Waals surface area contributed by atoms with Crippen LogP contribution in [0.2, 0.25) is 0 Å². The molecule has 0 heterocycles. The van der Waals surface area contributed by atoms with Crippen molar-refractivity contribution in [3.8, 4) is 0 Å². The number of nitro benzene ring substituents is 1. The van der Waals surface area contributed by atoms with E-state index < -0.39 is 4.92 Å². The third-order valence-corrected chi connectivity index (χ3v) is 3.08. The van der Waals surface area contributed by atoms with Gasteiger partial charge in [-0.1, -0.05) is 12.1 Å². The van der Waals surface area contributed by atoms with Crippen LogP contribution < -0.4 is 4.90 Å². The van der Waals surface area contributed by atoms with Crippen molar-refractivity contribution in [2.75, 3.05) is 11.9 Å². The van der Waals surface area contributed by atoms with Gasteiger partial charge >= 0.3 is 0 Å². The standard InChI is InChI=1S/C15H13FN2O3/c1-17(9-11-3-2-4-13(16)7-11)14-5-6-15(18(20)21)12(8-14)10-19/h2-8,10H,9H2,1H3. The minimum atomic E-state index is -0.597. The first-order valence-corrected chi connectivity index (χ1v) is 6.20. The Labute approximate surface area is 120 Å². The van der Waals surface area contributed by atoms with E-state index in [2.05, 4.69) is 0 Å². The Morgan fingerprint density at radius 1 is 1.29 bits per heavy atom. The van der Waals surface area contributed by atoms with Crippen LogP contribution in [0.25, 0.3) is 0 Å². The van der Waals surface area contributed by atoms with Crippen molar-refractivity contribution in [3.63, 3.8) is 0 Å². The quantitative estimate of drug-likeness (QED) is 0.481. The summed E-state index contributed by atoms with van der Waals surface area (Å²) in [5.41, 5.74) is 1.20. The van der Waals surface area contributed by atoms with Gasteiger partial charge in [0.1, 0.15) is 5.82 Å². The lowest BCUT2D eigenvalue weighted by Crippen LogP contribution is -2.16. The highest BCUT2D eigenvalue weighted by Gasteiger charge is 2.14. The predicted molar refractivity (Wildman–Crippen MR) is 77.0 cm³/mol. The van der Waals surface area contributed by atoms with E-state index in [1.165, 1.54) is 24.3 Å². The second kappa shape index (κ2) is 6.13. The molecule has 2 rings (SSSR count). The van der Waals surface area contributed by atoms with Crippen LogP contribution in [0.15, 0.2) is 42.5 Å². The van der Waals surface area contributed by atoms with E-state index in [9.17, 15) is 19.3 Å². The van der Waals surface area contributed by atoms with E-state index in [4.69, 9.17) is 0 Å². The molecule has 0 bridgehead atoms. The molecule has 6 heteroatoms. The average molecular weight is 288 g/mol. The van der Waals surface area contributed by atoms with Gasteiger partial charge in [0.25, 0.3) is 5.69 Å². The molecular weight excluding hydrogens is 275 g/mol. The molecule has 0 amide bonds. The van der Waals surface area contributed by atoms with Gasteiger partial charge in [0.05, 0.1) is 10.5 Å². The molecule has 5 nitrogen and oxygen atoms in total. The fourth-order valence-corrected chi connectivity index (χ4v) is 2.04. The lowest BCUT2D eigenvalue weighted by atomic mass is 10.1. The van der Waals surface area contributed by atoms with E-state index in [-0.39, 0.29) is 17.1 Å². The Balaban J connectivity index is 2.25. The smallest absolute Gasteiger partial charge is 0.280 e. The van der Waals surface area contributed by atoms with Crippen LogP contribution in [-0.4, -0.2) is 18.3 Å². The number of benzene rings is 2. The fraction of sp³-hybridized carbons (Fsp3) is 0.133. The zero-order valence-corrected chi connectivity index (χ0v) is 11.3. The number of hydrogen-bond donors (Lipinski definition) is 0. The lowest BCUT2D eigenvalue weighted by Gasteiger charge is -2.19. The molecular formula is C15H13FN2O3. The van der Waals surface area contributed by atoms with Crippen LogP contribution in [0.4, 0.5) is 15.8 Å². The van der Waals surface area contributed by atoms with E-state index in [1.807, 2.05) is 0 Å². The van der Waals surface area contributed by atoms with Crippen molar-refractivity contribution in [1.29, 1.82) is 0 Å². The fourth-order valence-electron chi connectivity index (χ4n) is 2.04. The zero-order valence-electron chi connectivity index (χ0n) is 11.3. The first kappa shape index (κ1) is 14.6. The molecule has 21 heavy (non-hydrogen) atoms. The molecule has 0 aliphatic rings. The Morgan fingerprint density at radius 2 is 2.05 bits per heavy atom. The summed E-state index contributed by atoms with van der Waals surface area (Å²) in [7, 11) is 1.76. The summed E-state index contributed by atoms with van der Waals surface area (Å²) in [6.07, 6.45) is 0.456. The van der Waals surface area contributed by atoms with Gasteiger partial charge in [-0.25, -0.2) is 4.39 Å². The van der Waals surface area contributed by atoms with Crippen LogP contribution in [0, 0.1) is 15.9 Å². The van der Waals surface area contributed by atoms with Crippen molar-refractivity contribution in [1.82, 2.24) is 0 Å².